The second-order valence-electron chi connectivity index (χ2n) is 21.0. The van der Waals surface area contributed by atoms with Gasteiger partial charge in [-0.15, -0.1) is 0 Å². The lowest BCUT2D eigenvalue weighted by Gasteiger charge is -2.39. The molecule has 348 valence electrons. The van der Waals surface area contributed by atoms with Gasteiger partial charge in [0.2, 0.25) is 0 Å². The van der Waals surface area contributed by atoms with Gasteiger partial charge in [0.25, 0.3) is 0 Å². The molecule has 0 saturated heterocycles. The van der Waals surface area contributed by atoms with Gasteiger partial charge in [0, 0.05) is 44.5 Å². The van der Waals surface area contributed by atoms with E-state index in [1.165, 1.54) is 66.8 Å². The predicted octanol–water partition coefficient (Wildman–Crippen LogP) is 18.1. The number of nitrogens with zero attached hydrogens (tertiary/aromatic N) is 1. The van der Waals surface area contributed by atoms with Crippen LogP contribution in [0.15, 0.2) is 249 Å². The minimum absolute atomic E-state index is 0.211. The third-order valence-corrected chi connectivity index (χ3v) is 17.2. The van der Waals surface area contributed by atoms with E-state index in [1.807, 2.05) is 0 Å². The van der Waals surface area contributed by atoms with Crippen molar-refractivity contribution in [1.82, 2.24) is 0 Å². The zero-order chi connectivity index (χ0) is 48.9. The van der Waals surface area contributed by atoms with E-state index in [-0.39, 0.29) is 5.41 Å². The highest BCUT2D eigenvalue weighted by atomic mass is 16.5. The maximum Gasteiger partial charge on any atom is 0.132 e. The predicted molar refractivity (Wildman–Crippen MR) is 299 cm³/mol. The van der Waals surface area contributed by atoms with Crippen molar-refractivity contribution in [2.24, 2.45) is 0 Å². The van der Waals surface area contributed by atoms with Crippen LogP contribution in [0.2, 0.25) is 0 Å². The Morgan fingerprint density at radius 1 is 0.284 bits per heavy atom. The van der Waals surface area contributed by atoms with E-state index in [4.69, 9.17) is 9.47 Å². The first-order valence-corrected chi connectivity index (χ1v) is 25.8. The molecule has 0 saturated carbocycles. The molecule has 0 atom stereocenters. The van der Waals surface area contributed by atoms with Crippen LogP contribution in [0.1, 0.15) is 69.5 Å². The summed E-state index contributed by atoms with van der Waals surface area (Å²) in [6.07, 6.45) is 0. The Labute approximate surface area is 431 Å². The fourth-order valence-electron chi connectivity index (χ4n) is 14.2. The molecule has 2 heterocycles. The van der Waals surface area contributed by atoms with Gasteiger partial charge >= 0.3 is 0 Å². The highest BCUT2D eigenvalue weighted by molar-refractivity contribution is 6.01. The van der Waals surface area contributed by atoms with Crippen LogP contribution in [0.3, 0.4) is 0 Å². The maximum atomic E-state index is 6.78. The quantitative estimate of drug-likeness (QED) is 0.175. The van der Waals surface area contributed by atoms with E-state index >= 15 is 0 Å². The number of hydrogen-bond acceptors (Lipinski definition) is 3. The van der Waals surface area contributed by atoms with Crippen LogP contribution in [0, 0.1) is 0 Å². The van der Waals surface area contributed by atoms with Crippen LogP contribution >= 0.6 is 0 Å². The Bertz CT molecular complexity index is 4120. The number of para-hydroxylation sites is 5. The van der Waals surface area contributed by atoms with E-state index in [0.717, 1.165) is 73.4 Å². The van der Waals surface area contributed by atoms with Crippen molar-refractivity contribution in [1.29, 1.82) is 0 Å². The van der Waals surface area contributed by atoms with Crippen molar-refractivity contribution in [3.05, 3.63) is 304 Å². The fourth-order valence-corrected chi connectivity index (χ4v) is 14.2. The molecule has 3 nitrogen and oxygen atoms in total. The largest absolute Gasteiger partial charge is 0.457 e. The van der Waals surface area contributed by atoms with Crippen molar-refractivity contribution >= 4 is 17.1 Å². The SMILES string of the molecule is CC1(C)c2ccccc2-c2ccc(N(c3ccccc3-c3ccc4c(c3)C3(c5ccccc5Oc5ccccc53)c3ccccc3-4)c3cccc4c3-c3ccccc3C43c4ccccc4Oc4ccccc43)cc21. The monoisotopic (exact) mass is 945 g/mol. The average molecular weight is 946 g/mol. The van der Waals surface area contributed by atoms with E-state index in [2.05, 4.69) is 267 Å². The molecule has 11 aromatic carbocycles. The van der Waals surface area contributed by atoms with Gasteiger partial charge in [-0.05, 0) is 121 Å². The number of hydrogen-bond donors (Lipinski definition) is 0. The van der Waals surface area contributed by atoms with E-state index < -0.39 is 10.8 Å². The summed E-state index contributed by atoms with van der Waals surface area (Å²) in [5.74, 6) is 3.54. The molecular weight excluding hydrogens is 899 g/mol. The van der Waals surface area contributed by atoms with E-state index in [1.54, 1.807) is 0 Å². The molecule has 0 amide bonds. The molecule has 5 aliphatic rings. The highest BCUT2D eigenvalue weighted by Gasteiger charge is 2.53. The van der Waals surface area contributed by atoms with Gasteiger partial charge in [0.15, 0.2) is 0 Å². The van der Waals surface area contributed by atoms with Gasteiger partial charge in [-0.25, -0.2) is 0 Å². The minimum atomic E-state index is -0.625. The summed E-state index contributed by atoms with van der Waals surface area (Å²) in [6, 6.07) is 92.0. The van der Waals surface area contributed by atoms with Crippen LogP contribution in [0.5, 0.6) is 23.0 Å². The topological polar surface area (TPSA) is 21.7 Å². The van der Waals surface area contributed by atoms with Crippen molar-refractivity contribution in [2.75, 3.05) is 4.90 Å². The van der Waals surface area contributed by atoms with Gasteiger partial charge < -0.3 is 14.4 Å². The number of benzene rings is 11. The third kappa shape index (κ3) is 5.20. The summed E-state index contributed by atoms with van der Waals surface area (Å²) in [5, 5.41) is 0. The highest BCUT2D eigenvalue weighted by Crippen LogP contribution is 2.66. The number of fused-ring (bicyclic) bond motifs is 21. The van der Waals surface area contributed by atoms with Crippen LogP contribution in [-0.4, -0.2) is 0 Å². The minimum Gasteiger partial charge on any atom is -0.457 e. The zero-order valence-electron chi connectivity index (χ0n) is 40.9. The summed E-state index contributed by atoms with van der Waals surface area (Å²) < 4.78 is 13.5. The van der Waals surface area contributed by atoms with Crippen LogP contribution in [-0.2, 0) is 16.2 Å². The molecule has 0 N–H and O–H groups in total. The van der Waals surface area contributed by atoms with Crippen molar-refractivity contribution in [2.45, 2.75) is 30.1 Å². The third-order valence-electron chi connectivity index (χ3n) is 17.2. The Hall–Kier alpha value is -9.18. The lowest BCUT2D eigenvalue weighted by molar-refractivity contribution is 0.436. The number of ether oxygens (including phenoxy) is 2. The molecule has 74 heavy (non-hydrogen) atoms. The molecule has 0 unspecified atom stereocenters. The molecule has 3 heteroatoms. The summed E-state index contributed by atoms with van der Waals surface area (Å²) in [7, 11) is 0. The number of anilines is 3. The standard InChI is InChI=1S/C71H47NO2/c1-69(2)52-24-7-3-21-47(52)49-41-39-45(43-60(49)69)72(63-33-19-31-59-68(63)51-23-5-9-26-54(51)70(59)55-27-10-15-34-64(55)73-65-35-16-11-28-56(65)70)62-32-14-6-20-46(62)44-38-40-50-48-22-4-8-25-53(48)71(61(50)42-44)57-29-12-17-36-66(57)74-67-37-18-13-30-58(67)71/h3-43H,1-2H3. The molecule has 0 fully saturated rings. The molecule has 0 radical (unpaired) electrons. The zero-order valence-corrected chi connectivity index (χ0v) is 40.9. The second-order valence-corrected chi connectivity index (χ2v) is 21.0. The van der Waals surface area contributed by atoms with Crippen LogP contribution in [0.4, 0.5) is 17.1 Å². The molecule has 2 spiro atoms. The lowest BCUT2D eigenvalue weighted by atomic mass is 9.66. The van der Waals surface area contributed by atoms with Gasteiger partial charge in [0.05, 0.1) is 22.2 Å². The van der Waals surface area contributed by atoms with Gasteiger partial charge in [-0.1, -0.05) is 208 Å². The molecule has 16 rings (SSSR count). The summed E-state index contributed by atoms with van der Waals surface area (Å²) in [6.45, 7) is 4.76. The molecule has 0 bridgehead atoms. The lowest BCUT2D eigenvalue weighted by Crippen LogP contribution is -2.32. The maximum absolute atomic E-state index is 6.78. The van der Waals surface area contributed by atoms with Crippen molar-refractivity contribution in [3.63, 3.8) is 0 Å². The Morgan fingerprint density at radius 3 is 1.30 bits per heavy atom. The fraction of sp³-hybridized carbons (Fsp3) is 0.0704. The molecular formula is C71H47NO2. The molecule has 11 aromatic rings. The first-order chi connectivity index (χ1) is 36.5. The van der Waals surface area contributed by atoms with Crippen molar-refractivity contribution < 1.29 is 9.47 Å². The molecule has 3 aliphatic carbocycles. The first kappa shape index (κ1) is 41.4. The van der Waals surface area contributed by atoms with E-state index in [0.29, 0.717) is 0 Å². The Morgan fingerprint density at radius 2 is 0.689 bits per heavy atom. The van der Waals surface area contributed by atoms with Gasteiger partial charge in [0.1, 0.15) is 23.0 Å². The number of rotatable bonds is 4. The molecule has 2 aliphatic heterocycles. The van der Waals surface area contributed by atoms with Crippen molar-refractivity contribution in [3.8, 4) is 67.5 Å². The average Bonchev–Trinajstić information content (AvgIpc) is 4.01. The molecule has 0 aromatic heterocycles. The van der Waals surface area contributed by atoms with Crippen LogP contribution < -0.4 is 14.4 Å². The van der Waals surface area contributed by atoms with Gasteiger partial charge in [-0.3, -0.25) is 0 Å². The van der Waals surface area contributed by atoms with E-state index in [9.17, 15) is 0 Å². The summed E-state index contributed by atoms with van der Waals surface area (Å²) in [4.78, 5) is 2.57. The van der Waals surface area contributed by atoms with Crippen LogP contribution in [0.25, 0.3) is 44.5 Å². The summed E-state index contributed by atoms with van der Waals surface area (Å²) in [5.41, 5.74) is 24.0. The Balaban J connectivity index is 0.977. The first-order valence-electron chi connectivity index (χ1n) is 25.8. The smallest absolute Gasteiger partial charge is 0.132 e. The second kappa shape index (κ2) is 14.9. The Kier molecular flexibility index (Phi) is 8.37. The van der Waals surface area contributed by atoms with Gasteiger partial charge in [-0.2, -0.15) is 0 Å². The summed E-state index contributed by atoms with van der Waals surface area (Å²) >= 11 is 0. The normalized spacial score (nSPS) is 15.2.